The zero-order valence-electron chi connectivity index (χ0n) is 60.0. The SMILES string of the molecule is COC(=O)CCCCCCCCCCCO[C@@H]1O[C@H](CO[C@@H]2O[C@H](CO)[C@H](OCc3ccccc3)[C@H](OCc3ccccc3)[C@H]2O[C@H]2O[C@@H](COC(=O)c3ccccc3)[C@H](OC(=O)c3ccccc3)[C@H]2OC(=O)c2ccccc2)[C@H](OCc2ccccc2)[C@H](OCc2ccccc2)[C@H]1OC(=O)c1ccccc1. The van der Waals surface area contributed by atoms with Crippen molar-refractivity contribution < 1.29 is 100 Å². The summed E-state index contributed by atoms with van der Waals surface area (Å²) in [6.07, 6.45) is -10.2. The van der Waals surface area contributed by atoms with Gasteiger partial charge in [-0.1, -0.05) is 239 Å². The normalized spacial score (nSPS) is 23.3. The van der Waals surface area contributed by atoms with Crippen LogP contribution >= 0.6 is 0 Å². The minimum Gasteiger partial charge on any atom is -0.469 e. The number of carbonyl (C=O) groups is 5. The van der Waals surface area contributed by atoms with E-state index in [4.69, 9.17) is 71.1 Å². The lowest BCUT2D eigenvalue weighted by Crippen LogP contribution is -2.64. The first-order chi connectivity index (χ1) is 52.6. The fourth-order valence-electron chi connectivity index (χ4n) is 13.0. The number of carbonyl (C=O) groups excluding carboxylic acids is 5. The Morgan fingerprint density at radius 2 is 0.645 bits per heavy atom. The third-order valence-electron chi connectivity index (χ3n) is 18.7. The van der Waals surface area contributed by atoms with Crippen molar-refractivity contribution in [2.45, 2.75) is 177 Å². The predicted molar refractivity (Wildman–Crippen MR) is 392 cm³/mol. The topological polar surface area (TPSA) is 244 Å². The van der Waals surface area contributed by atoms with Crippen LogP contribution < -0.4 is 0 Å². The maximum Gasteiger partial charge on any atom is 0.338 e. The van der Waals surface area contributed by atoms with E-state index >= 15 is 0 Å². The van der Waals surface area contributed by atoms with E-state index in [0.29, 0.717) is 12.8 Å². The Kier molecular flexibility index (Phi) is 31.1. The fourth-order valence-corrected chi connectivity index (χ4v) is 13.0. The molecule has 1 N–H and O–H groups in total. The van der Waals surface area contributed by atoms with Gasteiger partial charge in [0.1, 0.15) is 55.4 Å². The number of hydrogen-bond donors (Lipinski definition) is 1. The largest absolute Gasteiger partial charge is 0.469 e. The van der Waals surface area contributed by atoms with Crippen LogP contribution in [0.15, 0.2) is 243 Å². The van der Waals surface area contributed by atoms with Crippen molar-refractivity contribution in [3.05, 3.63) is 287 Å². The number of methoxy groups -OCH3 is 1. The molecule has 0 bridgehead atoms. The first-order valence-electron chi connectivity index (χ1n) is 36.7. The second-order valence-corrected chi connectivity index (χ2v) is 26.3. The standard InChI is InChI=1S/C86H94O21/c1-93-71(88)51-33-7-5-3-2-4-6-8-34-52-94-84-78(106-83(92)67-49-31-16-32-50-67)76(98-57-63-41-23-12-24-42-63)73(96-55-61-37-19-10-20-38-61)69(102-84)59-100-85-79(75(97-56-62-39-21-11-22-40-62)72(68(53-87)101-85)95-54-60-35-17-9-18-36-60)107-86-77(105-82(91)66-47-29-15-30-48-66)74(104-81(90)65-45-27-14-28-46-65)70(103-86)58-99-80(89)64-43-25-13-26-44-64/h9-32,35-50,68-70,72-79,84-87H,2-8,33-34,51-59H2,1H3/t68-,69-,70+,72+,73+,74+,75+,76+,77-,78-,79-,84-,85-,86-/m1/s1. The van der Waals surface area contributed by atoms with E-state index in [9.17, 15) is 29.1 Å². The maximum absolute atomic E-state index is 14.7. The van der Waals surface area contributed by atoms with Crippen LogP contribution in [-0.4, -0.2) is 155 Å². The van der Waals surface area contributed by atoms with E-state index in [1.807, 2.05) is 121 Å². The Balaban J connectivity index is 0.965. The van der Waals surface area contributed by atoms with Crippen LogP contribution in [0.5, 0.6) is 0 Å². The van der Waals surface area contributed by atoms with Gasteiger partial charge in [0, 0.05) is 13.0 Å². The Morgan fingerprint density at radius 3 is 1.07 bits per heavy atom. The molecule has 0 radical (unpaired) electrons. The highest BCUT2D eigenvalue weighted by atomic mass is 16.8. The van der Waals surface area contributed by atoms with E-state index in [1.165, 1.54) is 7.11 Å². The highest BCUT2D eigenvalue weighted by Crippen LogP contribution is 2.39. The number of ether oxygens (including phenoxy) is 15. The molecular weight excluding hydrogens is 1370 g/mol. The van der Waals surface area contributed by atoms with Gasteiger partial charge >= 0.3 is 29.8 Å². The third-order valence-corrected chi connectivity index (χ3v) is 18.7. The molecule has 8 aromatic rings. The number of benzene rings is 8. The smallest absolute Gasteiger partial charge is 0.338 e. The Labute approximate surface area is 624 Å². The van der Waals surface area contributed by atoms with Gasteiger partial charge in [-0.05, 0) is 83.6 Å². The highest BCUT2D eigenvalue weighted by Gasteiger charge is 2.57. The number of hydrogen-bond acceptors (Lipinski definition) is 21. The van der Waals surface area contributed by atoms with Gasteiger partial charge < -0.3 is 76.2 Å². The molecule has 21 nitrogen and oxygen atoms in total. The van der Waals surface area contributed by atoms with E-state index in [1.54, 1.807) is 121 Å². The quantitative estimate of drug-likeness (QED) is 0.0213. The van der Waals surface area contributed by atoms with E-state index in [0.717, 1.165) is 73.6 Å². The zero-order valence-corrected chi connectivity index (χ0v) is 60.0. The lowest BCUT2D eigenvalue weighted by molar-refractivity contribution is -0.361. The molecule has 0 saturated carbocycles. The highest BCUT2D eigenvalue weighted by molar-refractivity contribution is 5.91. The van der Waals surface area contributed by atoms with Crippen molar-refractivity contribution in [2.75, 3.05) is 33.5 Å². The Hall–Kier alpha value is -9.33. The summed E-state index contributed by atoms with van der Waals surface area (Å²) >= 11 is 0. The molecule has 14 atom stereocenters. The molecule has 3 aliphatic rings. The predicted octanol–water partition coefficient (Wildman–Crippen LogP) is 13.5. The van der Waals surface area contributed by atoms with Gasteiger partial charge in [-0.25, -0.2) is 19.2 Å². The van der Waals surface area contributed by atoms with E-state index in [2.05, 4.69) is 0 Å². The van der Waals surface area contributed by atoms with Crippen LogP contribution in [-0.2, 0) is 102 Å². The monoisotopic (exact) mass is 1460 g/mol. The Bertz CT molecular complexity index is 3900. The van der Waals surface area contributed by atoms with Gasteiger partial charge in [0.15, 0.2) is 37.2 Å². The molecule has 107 heavy (non-hydrogen) atoms. The van der Waals surface area contributed by atoms with Crippen molar-refractivity contribution in [1.82, 2.24) is 0 Å². The second kappa shape index (κ2) is 42.3. The van der Waals surface area contributed by atoms with Gasteiger partial charge in [-0.2, -0.15) is 0 Å². The number of aliphatic hydroxyl groups is 1. The molecule has 3 saturated heterocycles. The second-order valence-electron chi connectivity index (χ2n) is 26.3. The average Bonchev–Trinajstić information content (AvgIpc) is 1.76. The molecule has 3 aliphatic heterocycles. The van der Waals surface area contributed by atoms with Gasteiger partial charge in [0.2, 0.25) is 0 Å². The van der Waals surface area contributed by atoms with Gasteiger partial charge in [-0.3, -0.25) is 4.79 Å². The number of esters is 5. The molecular formula is C86H94O21. The van der Waals surface area contributed by atoms with Crippen molar-refractivity contribution >= 4 is 29.8 Å². The summed E-state index contributed by atoms with van der Waals surface area (Å²) in [5.41, 5.74) is 3.95. The van der Waals surface area contributed by atoms with Crippen molar-refractivity contribution in [3.8, 4) is 0 Å². The molecule has 564 valence electrons. The molecule has 3 heterocycles. The Morgan fingerprint density at radius 1 is 0.318 bits per heavy atom. The van der Waals surface area contributed by atoms with Gasteiger partial charge in [0.05, 0.1) is 69.0 Å². The number of rotatable bonds is 40. The van der Waals surface area contributed by atoms with Crippen LogP contribution in [0, 0.1) is 0 Å². The molecule has 8 aromatic carbocycles. The van der Waals surface area contributed by atoms with Crippen molar-refractivity contribution in [3.63, 3.8) is 0 Å². The van der Waals surface area contributed by atoms with Crippen LogP contribution in [0.2, 0.25) is 0 Å². The van der Waals surface area contributed by atoms with Crippen molar-refractivity contribution in [2.24, 2.45) is 0 Å². The average molecular weight is 1460 g/mol. The summed E-state index contributed by atoms with van der Waals surface area (Å²) in [7, 11) is 1.41. The lowest BCUT2D eigenvalue weighted by atomic mass is 9.96. The molecule has 0 spiro atoms. The van der Waals surface area contributed by atoms with Crippen LogP contribution in [0.4, 0.5) is 0 Å². The molecule has 11 rings (SSSR count). The summed E-state index contributed by atoms with van der Waals surface area (Å²) in [6.45, 7) is -1.32. The number of unbranched alkanes of at least 4 members (excludes halogenated alkanes) is 8. The molecule has 0 aliphatic carbocycles. The minimum atomic E-state index is -1.72. The summed E-state index contributed by atoms with van der Waals surface area (Å²) < 4.78 is 100. The van der Waals surface area contributed by atoms with E-state index < -0.39 is 130 Å². The molecule has 21 heteroatoms. The third kappa shape index (κ3) is 23.6. The molecule has 3 fully saturated rings. The van der Waals surface area contributed by atoms with Crippen LogP contribution in [0.3, 0.4) is 0 Å². The van der Waals surface area contributed by atoms with Crippen LogP contribution in [0.1, 0.15) is 128 Å². The summed E-state index contributed by atoms with van der Waals surface area (Å²) in [4.78, 5) is 69.1. The first kappa shape index (κ1) is 78.7. The maximum atomic E-state index is 14.7. The molecule has 0 amide bonds. The summed E-state index contributed by atoms with van der Waals surface area (Å²) in [6, 6.07) is 71.2. The minimum absolute atomic E-state index is 0.0113. The zero-order chi connectivity index (χ0) is 74.2. The van der Waals surface area contributed by atoms with Crippen LogP contribution in [0.25, 0.3) is 0 Å². The first-order valence-corrected chi connectivity index (χ1v) is 36.7. The molecule has 0 unspecified atom stereocenters. The van der Waals surface area contributed by atoms with E-state index in [-0.39, 0.29) is 61.3 Å². The van der Waals surface area contributed by atoms with Gasteiger partial charge in [0.25, 0.3) is 0 Å². The fraction of sp³-hybridized carbons (Fsp3) is 0.384. The van der Waals surface area contributed by atoms with Gasteiger partial charge in [-0.15, -0.1) is 0 Å². The number of aliphatic hydroxyl groups excluding tert-OH is 1. The molecule has 0 aromatic heterocycles. The summed E-state index contributed by atoms with van der Waals surface area (Å²) in [5, 5.41) is 11.6. The summed E-state index contributed by atoms with van der Waals surface area (Å²) in [5.74, 6) is -3.23. The van der Waals surface area contributed by atoms with Crippen molar-refractivity contribution in [1.29, 1.82) is 0 Å². The lowest BCUT2D eigenvalue weighted by Gasteiger charge is -2.48.